The molecule has 144 valence electrons. The van der Waals surface area contributed by atoms with E-state index in [0.717, 1.165) is 5.56 Å². The molecule has 1 aliphatic rings. The number of carbonyl (C=O) groups excluding carboxylic acids is 2. The summed E-state index contributed by atoms with van der Waals surface area (Å²) in [5, 5.41) is 2.60. The summed E-state index contributed by atoms with van der Waals surface area (Å²) in [6, 6.07) is 5.02. The molecule has 26 heavy (non-hydrogen) atoms. The zero-order chi connectivity index (χ0) is 19.7. The van der Waals surface area contributed by atoms with E-state index in [0.29, 0.717) is 11.4 Å². The van der Waals surface area contributed by atoms with Gasteiger partial charge < -0.3 is 9.64 Å². The van der Waals surface area contributed by atoms with Crippen molar-refractivity contribution in [2.24, 2.45) is 5.92 Å². The minimum atomic E-state index is -4.64. The van der Waals surface area contributed by atoms with E-state index in [2.05, 4.69) is 5.32 Å². The normalized spacial score (nSPS) is 18.1. The molecule has 1 unspecified atom stereocenters. The number of ether oxygens (including phenoxy) is 1. The zero-order valence-corrected chi connectivity index (χ0v) is 16.0. The Balaban J connectivity index is 2.17. The molecular formula is C17H23FN2O5S. The van der Waals surface area contributed by atoms with Gasteiger partial charge in [-0.1, -0.05) is 6.07 Å². The second-order valence-corrected chi connectivity index (χ2v) is 8.82. The number of benzene rings is 1. The molecule has 0 aromatic heterocycles. The Bertz CT molecular complexity index is 817. The summed E-state index contributed by atoms with van der Waals surface area (Å²) in [6.07, 6.45) is -0.659. The number of hydrogen-bond donors (Lipinski definition) is 1. The lowest BCUT2D eigenvalue weighted by molar-refractivity contribution is -0.117. The summed E-state index contributed by atoms with van der Waals surface area (Å²) >= 11 is 0. The van der Waals surface area contributed by atoms with Crippen molar-refractivity contribution < 1.29 is 26.6 Å². The largest absolute Gasteiger partial charge is 0.444 e. The monoisotopic (exact) mass is 386 g/mol. The fourth-order valence-electron chi connectivity index (χ4n) is 2.81. The third kappa shape index (κ3) is 5.69. The molecule has 1 saturated heterocycles. The van der Waals surface area contributed by atoms with E-state index < -0.39 is 33.6 Å². The van der Waals surface area contributed by atoms with Crippen LogP contribution in [0.2, 0.25) is 0 Å². The minimum absolute atomic E-state index is 0.0354. The summed E-state index contributed by atoms with van der Waals surface area (Å²) in [5.41, 5.74) is 1.11. The van der Waals surface area contributed by atoms with Crippen molar-refractivity contribution in [3.05, 3.63) is 23.8 Å². The maximum Gasteiger partial charge on any atom is 0.412 e. The topological polar surface area (TPSA) is 92.8 Å². The van der Waals surface area contributed by atoms with Gasteiger partial charge in [0.15, 0.2) is 0 Å². The van der Waals surface area contributed by atoms with E-state index >= 15 is 0 Å². The third-order valence-corrected chi connectivity index (χ3v) is 4.65. The lowest BCUT2D eigenvalue weighted by Crippen LogP contribution is -2.28. The standard InChI is InChI=1S/C17H23FN2O5S/c1-11-5-6-13(19-16(22)25-17(2,3)4)8-14(11)20-9-12(7-15(20)21)10-26(18,23)24/h5-6,8,12H,7,9-10H2,1-4H3,(H,19,22). The van der Waals surface area contributed by atoms with Gasteiger partial charge in [-0.3, -0.25) is 10.1 Å². The van der Waals surface area contributed by atoms with Crippen LogP contribution in [0.3, 0.4) is 0 Å². The second-order valence-electron chi connectivity index (χ2n) is 7.41. The quantitative estimate of drug-likeness (QED) is 0.803. The Morgan fingerprint density at radius 2 is 2.04 bits per heavy atom. The number of aryl methyl sites for hydroxylation is 1. The van der Waals surface area contributed by atoms with Crippen LogP contribution in [-0.2, 0) is 19.8 Å². The van der Waals surface area contributed by atoms with Gasteiger partial charge in [0, 0.05) is 30.3 Å². The zero-order valence-electron chi connectivity index (χ0n) is 15.2. The molecule has 1 aliphatic heterocycles. The van der Waals surface area contributed by atoms with Gasteiger partial charge in [0.2, 0.25) is 5.91 Å². The maximum absolute atomic E-state index is 12.9. The summed E-state index contributed by atoms with van der Waals surface area (Å²) in [4.78, 5) is 25.6. The van der Waals surface area contributed by atoms with E-state index in [1.54, 1.807) is 45.9 Å². The maximum atomic E-state index is 12.9. The average Bonchev–Trinajstić information content (AvgIpc) is 2.77. The Morgan fingerprint density at radius 1 is 1.38 bits per heavy atom. The van der Waals surface area contributed by atoms with Crippen LogP contribution < -0.4 is 10.2 Å². The minimum Gasteiger partial charge on any atom is -0.444 e. The first kappa shape index (κ1) is 20.2. The molecule has 9 heteroatoms. The van der Waals surface area contributed by atoms with Crippen molar-refractivity contribution in [2.45, 2.75) is 39.7 Å². The molecule has 1 heterocycles. The molecule has 2 rings (SSSR count). The fourth-order valence-corrected chi connectivity index (χ4v) is 3.59. The van der Waals surface area contributed by atoms with Crippen LogP contribution in [-0.4, -0.2) is 38.3 Å². The van der Waals surface area contributed by atoms with Gasteiger partial charge in [0.05, 0.1) is 5.75 Å². The summed E-state index contributed by atoms with van der Waals surface area (Å²) in [7, 11) is -4.64. The Morgan fingerprint density at radius 3 is 2.62 bits per heavy atom. The second kappa shape index (κ2) is 7.22. The van der Waals surface area contributed by atoms with E-state index in [4.69, 9.17) is 4.74 Å². The molecule has 0 bridgehead atoms. The number of rotatable bonds is 4. The lowest BCUT2D eigenvalue weighted by Gasteiger charge is -2.22. The van der Waals surface area contributed by atoms with Crippen molar-refractivity contribution >= 4 is 33.6 Å². The molecule has 0 saturated carbocycles. The van der Waals surface area contributed by atoms with Crippen molar-refractivity contribution in [1.29, 1.82) is 0 Å². The highest BCUT2D eigenvalue weighted by Gasteiger charge is 2.34. The summed E-state index contributed by atoms with van der Waals surface area (Å²) in [6.45, 7) is 7.14. The first-order chi connectivity index (χ1) is 11.8. The van der Waals surface area contributed by atoms with Crippen LogP contribution in [0, 0.1) is 12.8 Å². The van der Waals surface area contributed by atoms with Crippen LogP contribution in [0.25, 0.3) is 0 Å². The van der Waals surface area contributed by atoms with Crippen LogP contribution in [0.1, 0.15) is 32.8 Å². The number of hydrogen-bond acceptors (Lipinski definition) is 5. The number of carbonyl (C=O) groups is 2. The van der Waals surface area contributed by atoms with E-state index in [1.807, 2.05) is 0 Å². The Hall–Kier alpha value is -2.16. The molecule has 0 spiro atoms. The van der Waals surface area contributed by atoms with Crippen molar-refractivity contribution in [2.75, 3.05) is 22.5 Å². The Labute approximate surface area is 152 Å². The van der Waals surface area contributed by atoms with Crippen LogP contribution >= 0.6 is 0 Å². The first-order valence-electron chi connectivity index (χ1n) is 8.17. The van der Waals surface area contributed by atoms with Crippen LogP contribution in [0.4, 0.5) is 20.1 Å². The predicted octanol–water partition coefficient (Wildman–Crippen LogP) is 2.99. The van der Waals surface area contributed by atoms with Crippen LogP contribution in [0.5, 0.6) is 0 Å². The fraction of sp³-hybridized carbons (Fsp3) is 0.529. The highest BCUT2D eigenvalue weighted by Crippen LogP contribution is 2.31. The van der Waals surface area contributed by atoms with Crippen molar-refractivity contribution in [1.82, 2.24) is 0 Å². The summed E-state index contributed by atoms with van der Waals surface area (Å²) < 4.78 is 39.8. The highest BCUT2D eigenvalue weighted by molar-refractivity contribution is 7.86. The molecule has 1 aromatic carbocycles. The molecule has 2 amide bonds. The number of anilines is 2. The van der Waals surface area contributed by atoms with Crippen molar-refractivity contribution in [3.8, 4) is 0 Å². The smallest absolute Gasteiger partial charge is 0.412 e. The number of nitrogens with one attached hydrogen (secondary N) is 1. The first-order valence-corrected chi connectivity index (χ1v) is 9.73. The third-order valence-electron chi connectivity index (χ3n) is 3.79. The average molecular weight is 386 g/mol. The SMILES string of the molecule is Cc1ccc(NC(=O)OC(C)(C)C)cc1N1CC(CS(=O)(=O)F)CC1=O. The molecule has 7 nitrogen and oxygen atoms in total. The number of nitrogens with zero attached hydrogens (tertiary/aromatic N) is 1. The number of halogens is 1. The highest BCUT2D eigenvalue weighted by atomic mass is 32.3. The van der Waals surface area contributed by atoms with Crippen LogP contribution in [0.15, 0.2) is 18.2 Å². The molecule has 1 fully saturated rings. The van der Waals surface area contributed by atoms with Crippen molar-refractivity contribution in [3.63, 3.8) is 0 Å². The molecule has 0 radical (unpaired) electrons. The molecule has 1 atom stereocenters. The lowest BCUT2D eigenvalue weighted by atomic mass is 10.1. The van der Waals surface area contributed by atoms with Gasteiger partial charge in [-0.05, 0) is 45.4 Å². The van der Waals surface area contributed by atoms with Gasteiger partial charge in [-0.15, -0.1) is 3.89 Å². The number of amides is 2. The van der Waals surface area contributed by atoms with E-state index in [-0.39, 0.29) is 18.9 Å². The van der Waals surface area contributed by atoms with E-state index in [1.165, 1.54) is 4.90 Å². The van der Waals surface area contributed by atoms with E-state index in [9.17, 15) is 21.9 Å². The van der Waals surface area contributed by atoms with Gasteiger partial charge >= 0.3 is 16.3 Å². The van der Waals surface area contributed by atoms with Gasteiger partial charge in [-0.2, -0.15) is 8.42 Å². The molecular weight excluding hydrogens is 363 g/mol. The molecule has 1 aromatic rings. The predicted molar refractivity (Wildman–Crippen MR) is 96.4 cm³/mol. The van der Waals surface area contributed by atoms with Gasteiger partial charge in [0.25, 0.3) is 0 Å². The summed E-state index contributed by atoms with van der Waals surface area (Å²) in [5.74, 6) is -1.56. The van der Waals surface area contributed by atoms with Gasteiger partial charge in [-0.25, -0.2) is 4.79 Å². The molecule has 1 N–H and O–H groups in total. The molecule has 0 aliphatic carbocycles. The Kier molecular flexibility index (Phi) is 5.60. The van der Waals surface area contributed by atoms with Gasteiger partial charge in [0.1, 0.15) is 5.60 Å².